The minimum Gasteiger partial charge on any atom is -0.493 e. The smallest absolute Gasteiger partial charge is 0.122 e. The summed E-state index contributed by atoms with van der Waals surface area (Å²) in [7, 11) is 0. The minimum absolute atomic E-state index is 0.565. The van der Waals surface area contributed by atoms with Crippen LogP contribution in [-0.2, 0) is 0 Å². The molecule has 0 spiro atoms. The van der Waals surface area contributed by atoms with Crippen LogP contribution in [0.15, 0.2) is 24.3 Å². The molecule has 0 aliphatic carbocycles. The van der Waals surface area contributed by atoms with Crippen molar-refractivity contribution in [1.82, 2.24) is 5.32 Å². The molecule has 1 N–H and O–H groups in total. The predicted octanol–water partition coefficient (Wildman–Crippen LogP) is 3.97. The highest BCUT2D eigenvalue weighted by atomic mass is 16.5. The van der Waals surface area contributed by atoms with E-state index in [-0.39, 0.29) is 0 Å². The summed E-state index contributed by atoms with van der Waals surface area (Å²) in [6, 6.07) is 9.11. The number of rotatable bonds is 6. The van der Waals surface area contributed by atoms with Gasteiger partial charge in [-0.25, -0.2) is 0 Å². The highest BCUT2D eigenvalue weighted by Gasteiger charge is 2.31. The Kier molecular flexibility index (Phi) is 5.26. The van der Waals surface area contributed by atoms with E-state index in [2.05, 4.69) is 50.4 Å². The van der Waals surface area contributed by atoms with Gasteiger partial charge in [0.25, 0.3) is 0 Å². The van der Waals surface area contributed by atoms with E-state index in [1.165, 1.54) is 18.4 Å². The third-order valence-corrected chi connectivity index (χ3v) is 4.24. The summed E-state index contributed by atoms with van der Waals surface area (Å²) in [6.45, 7) is 8.75. The van der Waals surface area contributed by atoms with Gasteiger partial charge in [0, 0.05) is 12.0 Å². The summed E-state index contributed by atoms with van der Waals surface area (Å²) in [5, 5.41) is 3.72. The molecule has 2 nitrogen and oxygen atoms in total. The van der Waals surface area contributed by atoms with Gasteiger partial charge >= 0.3 is 0 Å². The van der Waals surface area contributed by atoms with Gasteiger partial charge in [0.15, 0.2) is 0 Å². The number of likely N-dealkylation sites (N-methyl/N-ethyl adjacent to an activating group) is 1. The van der Waals surface area contributed by atoms with Crippen molar-refractivity contribution in [2.24, 2.45) is 5.92 Å². The second kappa shape index (κ2) is 6.95. The number of hydrogen-bond donors (Lipinski definition) is 1. The Morgan fingerprint density at radius 1 is 1.32 bits per heavy atom. The first-order valence-corrected chi connectivity index (χ1v) is 7.73. The van der Waals surface area contributed by atoms with Gasteiger partial charge in [-0.2, -0.15) is 0 Å². The van der Waals surface area contributed by atoms with Crippen LogP contribution in [0.5, 0.6) is 5.75 Å². The van der Waals surface area contributed by atoms with Gasteiger partial charge in [0.05, 0.1) is 6.61 Å². The SMILES string of the molecule is CCCC(C)C(NCC)C1CCOc2ccccc21. The molecule has 2 heteroatoms. The molecule has 0 fully saturated rings. The molecule has 1 aliphatic rings. The molecule has 1 aromatic rings. The van der Waals surface area contributed by atoms with Crippen molar-refractivity contribution < 1.29 is 4.74 Å². The number of fused-ring (bicyclic) bond motifs is 1. The number of nitrogens with one attached hydrogen (secondary N) is 1. The standard InChI is InChI=1S/C17H27NO/c1-4-8-13(3)17(18-5-2)15-11-12-19-16-10-7-6-9-14(15)16/h6-7,9-10,13,15,17-18H,4-5,8,11-12H2,1-3H3. The van der Waals surface area contributed by atoms with Crippen molar-refractivity contribution in [3.05, 3.63) is 29.8 Å². The lowest BCUT2D eigenvalue weighted by Crippen LogP contribution is -2.41. The molecule has 3 unspecified atom stereocenters. The van der Waals surface area contributed by atoms with Crippen LogP contribution in [0.2, 0.25) is 0 Å². The van der Waals surface area contributed by atoms with E-state index in [1.54, 1.807) is 0 Å². The molecule has 2 rings (SSSR count). The summed E-state index contributed by atoms with van der Waals surface area (Å²) < 4.78 is 5.79. The summed E-state index contributed by atoms with van der Waals surface area (Å²) in [5.74, 6) is 2.39. The van der Waals surface area contributed by atoms with Crippen molar-refractivity contribution in [1.29, 1.82) is 0 Å². The van der Waals surface area contributed by atoms with E-state index < -0.39 is 0 Å². The van der Waals surface area contributed by atoms with Crippen molar-refractivity contribution >= 4 is 0 Å². The second-order valence-corrected chi connectivity index (χ2v) is 5.63. The fourth-order valence-corrected chi connectivity index (χ4v) is 3.35. The fourth-order valence-electron chi connectivity index (χ4n) is 3.35. The lowest BCUT2D eigenvalue weighted by atomic mass is 9.79. The molecule has 0 radical (unpaired) electrons. The maximum absolute atomic E-state index is 5.79. The van der Waals surface area contributed by atoms with Crippen LogP contribution < -0.4 is 10.1 Å². The summed E-state index contributed by atoms with van der Waals surface area (Å²) in [6.07, 6.45) is 3.67. The number of para-hydroxylation sites is 1. The molecule has 0 aromatic heterocycles. The third kappa shape index (κ3) is 3.30. The highest BCUT2D eigenvalue weighted by Crippen LogP contribution is 2.38. The van der Waals surface area contributed by atoms with Gasteiger partial charge in [-0.3, -0.25) is 0 Å². The third-order valence-electron chi connectivity index (χ3n) is 4.24. The van der Waals surface area contributed by atoms with E-state index in [4.69, 9.17) is 4.74 Å². The fraction of sp³-hybridized carbons (Fsp3) is 0.647. The molecule has 1 aliphatic heterocycles. The van der Waals surface area contributed by atoms with Gasteiger partial charge in [-0.05, 0) is 36.9 Å². The van der Waals surface area contributed by atoms with Crippen LogP contribution in [0.25, 0.3) is 0 Å². The van der Waals surface area contributed by atoms with Gasteiger partial charge in [0.2, 0.25) is 0 Å². The van der Waals surface area contributed by atoms with Gasteiger partial charge in [-0.15, -0.1) is 0 Å². The second-order valence-electron chi connectivity index (χ2n) is 5.63. The molecule has 0 saturated heterocycles. The Labute approximate surface area is 117 Å². The van der Waals surface area contributed by atoms with E-state index in [9.17, 15) is 0 Å². The number of benzene rings is 1. The van der Waals surface area contributed by atoms with Gasteiger partial charge in [0.1, 0.15) is 5.75 Å². The van der Waals surface area contributed by atoms with E-state index >= 15 is 0 Å². The van der Waals surface area contributed by atoms with Crippen molar-refractivity contribution in [2.45, 2.75) is 52.0 Å². The normalized spacial score (nSPS) is 21.3. The molecular formula is C17H27NO. The average molecular weight is 261 g/mol. The monoisotopic (exact) mass is 261 g/mol. The predicted molar refractivity (Wildman–Crippen MR) is 80.8 cm³/mol. The Balaban J connectivity index is 2.22. The number of hydrogen-bond acceptors (Lipinski definition) is 2. The zero-order valence-corrected chi connectivity index (χ0v) is 12.5. The minimum atomic E-state index is 0.565. The lowest BCUT2D eigenvalue weighted by molar-refractivity contribution is 0.219. The van der Waals surface area contributed by atoms with Gasteiger partial charge < -0.3 is 10.1 Å². The molecule has 3 atom stereocenters. The zero-order chi connectivity index (χ0) is 13.7. The van der Waals surface area contributed by atoms with Crippen LogP contribution in [0, 0.1) is 5.92 Å². The van der Waals surface area contributed by atoms with E-state index in [1.807, 2.05) is 0 Å². The highest BCUT2D eigenvalue weighted by molar-refractivity contribution is 5.38. The van der Waals surface area contributed by atoms with Crippen molar-refractivity contribution in [2.75, 3.05) is 13.2 Å². The number of ether oxygens (including phenoxy) is 1. The zero-order valence-electron chi connectivity index (χ0n) is 12.5. The average Bonchev–Trinajstić information content (AvgIpc) is 2.44. The van der Waals surface area contributed by atoms with Crippen LogP contribution in [0.3, 0.4) is 0 Å². The van der Waals surface area contributed by atoms with Crippen LogP contribution in [0.1, 0.15) is 51.5 Å². The molecule has 1 aromatic carbocycles. The van der Waals surface area contributed by atoms with Crippen LogP contribution in [-0.4, -0.2) is 19.2 Å². The van der Waals surface area contributed by atoms with E-state index in [0.717, 1.165) is 25.3 Å². The first kappa shape index (κ1) is 14.4. The van der Waals surface area contributed by atoms with E-state index in [0.29, 0.717) is 17.9 Å². The van der Waals surface area contributed by atoms with Crippen LogP contribution in [0.4, 0.5) is 0 Å². The molecule has 106 valence electrons. The molecule has 0 bridgehead atoms. The Bertz CT molecular complexity index is 391. The molecule has 0 saturated carbocycles. The topological polar surface area (TPSA) is 21.3 Å². The van der Waals surface area contributed by atoms with Crippen molar-refractivity contribution in [3.63, 3.8) is 0 Å². The Hall–Kier alpha value is -1.02. The van der Waals surface area contributed by atoms with Crippen molar-refractivity contribution in [3.8, 4) is 5.75 Å². The lowest BCUT2D eigenvalue weighted by Gasteiger charge is -2.36. The van der Waals surface area contributed by atoms with Gasteiger partial charge in [-0.1, -0.05) is 45.4 Å². The molecule has 19 heavy (non-hydrogen) atoms. The molecule has 1 heterocycles. The summed E-state index contributed by atoms with van der Waals surface area (Å²) >= 11 is 0. The first-order chi connectivity index (χ1) is 9.27. The molecule has 0 amide bonds. The maximum Gasteiger partial charge on any atom is 0.122 e. The Morgan fingerprint density at radius 2 is 2.11 bits per heavy atom. The first-order valence-electron chi connectivity index (χ1n) is 7.73. The molecular weight excluding hydrogens is 234 g/mol. The maximum atomic E-state index is 5.79. The largest absolute Gasteiger partial charge is 0.493 e. The Morgan fingerprint density at radius 3 is 2.84 bits per heavy atom. The van der Waals surface area contributed by atoms with Crippen LogP contribution >= 0.6 is 0 Å². The summed E-state index contributed by atoms with van der Waals surface area (Å²) in [5.41, 5.74) is 1.39. The quantitative estimate of drug-likeness (QED) is 0.836. The summed E-state index contributed by atoms with van der Waals surface area (Å²) in [4.78, 5) is 0.